The topological polar surface area (TPSA) is 91.7 Å². The molecular formula is C32H24F5N3O5. The van der Waals surface area contributed by atoms with E-state index in [1.165, 1.54) is 57.7 Å². The smallest absolute Gasteiger partial charge is 0.406 e. The number of aromatic nitrogens is 2. The van der Waals surface area contributed by atoms with Gasteiger partial charge in [0.25, 0.3) is 5.91 Å². The summed E-state index contributed by atoms with van der Waals surface area (Å²) in [5, 5.41) is 2.85. The van der Waals surface area contributed by atoms with Crippen LogP contribution in [0, 0.1) is 18.6 Å². The largest absolute Gasteiger partial charge is 0.493 e. The molecule has 1 amide bonds. The monoisotopic (exact) mass is 625 g/mol. The average molecular weight is 626 g/mol. The zero-order chi connectivity index (χ0) is 32.5. The van der Waals surface area contributed by atoms with Crippen molar-refractivity contribution in [3.8, 4) is 34.1 Å². The van der Waals surface area contributed by atoms with Gasteiger partial charge in [0.15, 0.2) is 23.1 Å². The van der Waals surface area contributed by atoms with Crippen LogP contribution in [-0.4, -0.2) is 35.9 Å². The maximum absolute atomic E-state index is 15.2. The number of hydrogen-bond donors (Lipinski definition) is 1. The number of carbonyl (C=O) groups excluding carboxylic acids is 1. The van der Waals surface area contributed by atoms with Crippen molar-refractivity contribution >= 4 is 22.5 Å². The lowest BCUT2D eigenvalue weighted by molar-refractivity contribution is -0.141. The molecule has 0 atom stereocenters. The molecule has 13 heteroatoms. The van der Waals surface area contributed by atoms with Crippen LogP contribution in [0.4, 0.5) is 27.6 Å². The second-order valence-corrected chi connectivity index (χ2v) is 9.82. The Morgan fingerprint density at radius 2 is 1.60 bits per heavy atom. The molecule has 0 aliphatic heterocycles. The van der Waals surface area contributed by atoms with E-state index in [-0.39, 0.29) is 34.0 Å². The molecular weight excluding hydrogens is 601 g/mol. The fourth-order valence-electron chi connectivity index (χ4n) is 4.74. The fourth-order valence-corrected chi connectivity index (χ4v) is 4.74. The van der Waals surface area contributed by atoms with Crippen molar-refractivity contribution in [3.05, 3.63) is 106 Å². The number of benzene rings is 3. The second-order valence-electron chi connectivity index (χ2n) is 9.82. The second kappa shape index (κ2) is 12.3. The number of rotatable bonds is 8. The number of ether oxygens (including phenoxy) is 3. The highest BCUT2D eigenvalue weighted by Crippen LogP contribution is 2.37. The highest BCUT2D eigenvalue weighted by atomic mass is 19.4. The van der Waals surface area contributed by atoms with Crippen molar-refractivity contribution < 1.29 is 41.0 Å². The first-order valence-corrected chi connectivity index (χ1v) is 13.2. The summed E-state index contributed by atoms with van der Waals surface area (Å²) in [6.45, 7) is -0.198. The van der Waals surface area contributed by atoms with Crippen molar-refractivity contribution in [3.63, 3.8) is 0 Å². The normalized spacial score (nSPS) is 11.4. The Kier molecular flexibility index (Phi) is 8.45. The molecule has 0 radical (unpaired) electrons. The maximum atomic E-state index is 15.2. The van der Waals surface area contributed by atoms with Gasteiger partial charge in [-0.3, -0.25) is 14.6 Å². The molecule has 0 saturated heterocycles. The molecule has 0 saturated carbocycles. The molecule has 0 aliphatic rings. The van der Waals surface area contributed by atoms with Crippen LogP contribution in [-0.2, 0) is 6.54 Å². The quantitative estimate of drug-likeness (QED) is 0.182. The number of halogens is 5. The minimum atomic E-state index is -4.68. The molecule has 0 spiro atoms. The SMILES string of the molecule is COc1cc2nccc(Oc3ccc(NC(=O)c4cn(CC(F)(F)F)c(C)c(-c5ccc(F)cc5)c4=O)cc3F)c2cc1OC. The molecule has 0 aliphatic carbocycles. The summed E-state index contributed by atoms with van der Waals surface area (Å²) in [7, 11) is 2.93. The predicted molar refractivity (Wildman–Crippen MR) is 156 cm³/mol. The standard InChI is InChI=1S/C32H24F5N3O5/c1-17-29(18-4-6-19(33)7-5-18)30(41)22(15-40(17)16-32(35,36)37)31(42)39-20-8-9-26(23(34)12-20)45-25-10-11-38-24-14-28(44-3)27(43-2)13-21(24)25/h4-15H,16H2,1-3H3,(H,39,42). The summed E-state index contributed by atoms with van der Waals surface area (Å²) in [5.41, 5.74) is -1.28. The molecule has 232 valence electrons. The summed E-state index contributed by atoms with van der Waals surface area (Å²) < 4.78 is 85.9. The van der Waals surface area contributed by atoms with Crippen LogP contribution >= 0.6 is 0 Å². The van der Waals surface area contributed by atoms with Crippen LogP contribution in [0.5, 0.6) is 23.0 Å². The Morgan fingerprint density at radius 3 is 2.24 bits per heavy atom. The van der Waals surface area contributed by atoms with E-state index in [2.05, 4.69) is 10.3 Å². The third-order valence-electron chi connectivity index (χ3n) is 6.89. The Labute approximate surface area is 252 Å². The number of amides is 1. The van der Waals surface area contributed by atoms with Gasteiger partial charge in [0.1, 0.15) is 23.7 Å². The van der Waals surface area contributed by atoms with E-state index in [0.29, 0.717) is 22.4 Å². The van der Waals surface area contributed by atoms with Crippen molar-refractivity contribution in [2.75, 3.05) is 19.5 Å². The summed E-state index contributed by atoms with van der Waals surface area (Å²) in [6.07, 6.45) is -2.42. The van der Waals surface area contributed by atoms with Gasteiger partial charge >= 0.3 is 6.18 Å². The van der Waals surface area contributed by atoms with Gasteiger partial charge in [0, 0.05) is 46.9 Å². The van der Waals surface area contributed by atoms with E-state index in [9.17, 15) is 27.2 Å². The highest BCUT2D eigenvalue weighted by molar-refractivity contribution is 6.04. The lowest BCUT2D eigenvalue weighted by Gasteiger charge is -2.18. The molecule has 1 N–H and O–H groups in total. The molecule has 8 nitrogen and oxygen atoms in total. The van der Waals surface area contributed by atoms with Gasteiger partial charge in [-0.25, -0.2) is 8.78 Å². The predicted octanol–water partition coefficient (Wildman–Crippen LogP) is 7.27. The van der Waals surface area contributed by atoms with Crippen molar-refractivity contribution in [1.82, 2.24) is 9.55 Å². The van der Waals surface area contributed by atoms with Gasteiger partial charge in [-0.05, 0) is 48.9 Å². The van der Waals surface area contributed by atoms with E-state index in [0.717, 1.165) is 29.0 Å². The lowest BCUT2D eigenvalue weighted by atomic mass is 10.0. The molecule has 3 aromatic carbocycles. The molecule has 5 rings (SSSR count). The zero-order valence-electron chi connectivity index (χ0n) is 24.0. The van der Waals surface area contributed by atoms with Crippen LogP contribution in [0.2, 0.25) is 0 Å². The summed E-state index contributed by atoms with van der Waals surface area (Å²) in [4.78, 5) is 30.8. The number of fused-ring (bicyclic) bond motifs is 1. The van der Waals surface area contributed by atoms with Gasteiger partial charge in [-0.2, -0.15) is 13.2 Å². The minimum Gasteiger partial charge on any atom is -0.493 e. The third kappa shape index (κ3) is 6.56. The summed E-state index contributed by atoms with van der Waals surface area (Å²) in [6, 6.07) is 12.8. The Morgan fingerprint density at radius 1 is 0.911 bits per heavy atom. The molecule has 2 heterocycles. The van der Waals surface area contributed by atoms with Gasteiger partial charge in [0.05, 0.1) is 19.7 Å². The molecule has 0 unspecified atom stereocenters. The van der Waals surface area contributed by atoms with Gasteiger partial charge in [-0.15, -0.1) is 0 Å². The Balaban J connectivity index is 1.46. The van der Waals surface area contributed by atoms with Gasteiger partial charge < -0.3 is 24.1 Å². The van der Waals surface area contributed by atoms with E-state index in [1.54, 1.807) is 12.1 Å². The summed E-state index contributed by atoms with van der Waals surface area (Å²) in [5.74, 6) is -1.71. The van der Waals surface area contributed by atoms with E-state index >= 15 is 4.39 Å². The Bertz CT molecular complexity index is 1970. The fraction of sp³-hybridized carbons (Fsp3) is 0.156. The molecule has 45 heavy (non-hydrogen) atoms. The minimum absolute atomic E-state index is 0.0762. The lowest BCUT2D eigenvalue weighted by Crippen LogP contribution is -2.29. The summed E-state index contributed by atoms with van der Waals surface area (Å²) >= 11 is 0. The number of nitrogens with zero attached hydrogens (tertiary/aromatic N) is 2. The number of hydrogen-bond acceptors (Lipinski definition) is 6. The number of methoxy groups -OCH3 is 2. The third-order valence-corrected chi connectivity index (χ3v) is 6.89. The molecule has 2 aromatic heterocycles. The number of carbonyl (C=O) groups is 1. The first-order chi connectivity index (χ1) is 21.4. The van der Waals surface area contributed by atoms with E-state index in [1.807, 2.05) is 0 Å². The van der Waals surface area contributed by atoms with Crippen LogP contribution < -0.4 is 25.0 Å². The number of alkyl halides is 3. The number of nitrogens with one attached hydrogen (secondary N) is 1. The Hall–Kier alpha value is -5.46. The van der Waals surface area contributed by atoms with Crippen LogP contribution in [0.3, 0.4) is 0 Å². The van der Waals surface area contributed by atoms with Gasteiger partial charge in [0.2, 0.25) is 5.43 Å². The van der Waals surface area contributed by atoms with Crippen molar-refractivity contribution in [1.29, 1.82) is 0 Å². The van der Waals surface area contributed by atoms with Crippen LogP contribution in [0.25, 0.3) is 22.0 Å². The average Bonchev–Trinajstić information content (AvgIpc) is 2.99. The molecule has 5 aromatic rings. The van der Waals surface area contributed by atoms with Gasteiger partial charge in [-0.1, -0.05) is 12.1 Å². The molecule has 0 bridgehead atoms. The first-order valence-electron chi connectivity index (χ1n) is 13.2. The first kappa shape index (κ1) is 31.0. The number of anilines is 1. The maximum Gasteiger partial charge on any atom is 0.406 e. The van der Waals surface area contributed by atoms with Crippen LogP contribution in [0.15, 0.2) is 77.9 Å². The van der Waals surface area contributed by atoms with Crippen molar-refractivity contribution in [2.24, 2.45) is 0 Å². The molecule has 0 fully saturated rings. The highest BCUT2D eigenvalue weighted by Gasteiger charge is 2.30. The van der Waals surface area contributed by atoms with Crippen molar-refractivity contribution in [2.45, 2.75) is 19.6 Å². The zero-order valence-corrected chi connectivity index (χ0v) is 24.0. The number of pyridine rings is 2. The van der Waals surface area contributed by atoms with E-state index in [4.69, 9.17) is 14.2 Å². The van der Waals surface area contributed by atoms with Crippen LogP contribution in [0.1, 0.15) is 16.1 Å². The van der Waals surface area contributed by atoms with E-state index < -0.39 is 41.3 Å².